The van der Waals surface area contributed by atoms with E-state index in [9.17, 15) is 14.6 Å². The molecular weight excluding hydrogens is 165 g/mol. The molecule has 68 valence electrons. The molecule has 5 heteroatoms. The standard InChI is InChI=1S/C6H16NO3P/c1-7-6(8)4-5-11(2,3,9)10/h9-10H,4-5H2,1-3H3,(H,7,8). The summed E-state index contributed by atoms with van der Waals surface area (Å²) in [6.07, 6.45) is 0.333. The first-order valence-electron chi connectivity index (χ1n) is 3.42. The zero-order valence-corrected chi connectivity index (χ0v) is 8.06. The first-order chi connectivity index (χ1) is 4.71. The molecule has 0 heterocycles. The van der Waals surface area contributed by atoms with Crippen LogP contribution in [-0.2, 0) is 4.79 Å². The van der Waals surface area contributed by atoms with E-state index in [4.69, 9.17) is 0 Å². The van der Waals surface area contributed by atoms with Crippen LogP contribution in [0, 0.1) is 0 Å². The Labute approximate surface area is 66.7 Å². The van der Waals surface area contributed by atoms with Crippen molar-refractivity contribution in [2.45, 2.75) is 6.42 Å². The summed E-state index contributed by atoms with van der Waals surface area (Å²) in [6.45, 7) is 2.79. The predicted octanol–water partition coefficient (Wildman–Crippen LogP) is -0.250. The second-order valence-corrected chi connectivity index (χ2v) is 8.35. The number of carbonyl (C=O) groups is 1. The number of carbonyl (C=O) groups excluding carboxylic acids is 1. The van der Waals surface area contributed by atoms with Gasteiger partial charge in [-0.3, -0.25) is 0 Å². The summed E-state index contributed by atoms with van der Waals surface area (Å²) >= 11 is 0. The molecule has 0 saturated carbocycles. The molecule has 0 bridgehead atoms. The average molecular weight is 181 g/mol. The van der Waals surface area contributed by atoms with Gasteiger partial charge in [0.15, 0.2) is 0 Å². The first kappa shape index (κ1) is 10.8. The van der Waals surface area contributed by atoms with E-state index < -0.39 is 7.06 Å². The summed E-state index contributed by atoms with van der Waals surface area (Å²) in [6, 6.07) is 0. The van der Waals surface area contributed by atoms with E-state index in [1.165, 1.54) is 20.4 Å². The van der Waals surface area contributed by atoms with Crippen LogP contribution in [0.3, 0.4) is 0 Å². The Balaban J connectivity index is 3.81. The first-order valence-corrected chi connectivity index (χ1v) is 6.64. The minimum absolute atomic E-state index is 0.158. The molecule has 0 unspecified atom stereocenters. The Morgan fingerprint density at radius 1 is 1.45 bits per heavy atom. The molecule has 0 saturated heterocycles. The van der Waals surface area contributed by atoms with Crippen LogP contribution in [0.4, 0.5) is 0 Å². The molecule has 11 heavy (non-hydrogen) atoms. The fourth-order valence-electron chi connectivity index (χ4n) is 0.550. The van der Waals surface area contributed by atoms with Crippen molar-refractivity contribution in [2.24, 2.45) is 0 Å². The van der Waals surface area contributed by atoms with Crippen molar-refractivity contribution in [2.75, 3.05) is 26.5 Å². The van der Waals surface area contributed by atoms with Gasteiger partial charge in [0, 0.05) is 0 Å². The molecule has 0 spiro atoms. The fourth-order valence-corrected chi connectivity index (χ4v) is 1.40. The van der Waals surface area contributed by atoms with Gasteiger partial charge in [0.05, 0.1) is 0 Å². The molecule has 0 aliphatic heterocycles. The maximum absolute atomic E-state index is 10.7. The van der Waals surface area contributed by atoms with Gasteiger partial charge < -0.3 is 0 Å². The Bertz CT molecular complexity index is 152. The molecule has 0 aromatic rings. The van der Waals surface area contributed by atoms with Gasteiger partial charge in [-0.25, -0.2) is 0 Å². The van der Waals surface area contributed by atoms with E-state index in [-0.39, 0.29) is 18.5 Å². The fraction of sp³-hybridized carbons (Fsp3) is 0.833. The summed E-state index contributed by atoms with van der Waals surface area (Å²) in [4.78, 5) is 29.4. The van der Waals surface area contributed by atoms with E-state index in [0.717, 1.165) is 0 Å². The van der Waals surface area contributed by atoms with Crippen molar-refractivity contribution < 1.29 is 14.6 Å². The van der Waals surface area contributed by atoms with Gasteiger partial charge in [0.25, 0.3) is 0 Å². The molecule has 0 atom stereocenters. The summed E-state index contributed by atoms with van der Waals surface area (Å²) in [5.74, 6) is -0.161. The summed E-state index contributed by atoms with van der Waals surface area (Å²) in [7, 11) is -1.92. The molecule has 1 amide bonds. The topological polar surface area (TPSA) is 69.6 Å². The Morgan fingerprint density at radius 2 is 1.91 bits per heavy atom. The minimum atomic E-state index is -3.45. The van der Waals surface area contributed by atoms with Crippen LogP contribution in [0.1, 0.15) is 6.42 Å². The van der Waals surface area contributed by atoms with Crippen molar-refractivity contribution in [1.82, 2.24) is 5.32 Å². The van der Waals surface area contributed by atoms with Gasteiger partial charge in [-0.1, -0.05) is 0 Å². The molecule has 0 aromatic carbocycles. The molecule has 0 fully saturated rings. The van der Waals surface area contributed by atoms with Crippen molar-refractivity contribution >= 4 is 13.0 Å². The summed E-state index contributed by atoms with van der Waals surface area (Å²) in [5, 5.41) is 2.41. The normalized spacial score (nSPS) is 15.2. The molecule has 0 aliphatic carbocycles. The third-order valence-electron chi connectivity index (χ3n) is 1.26. The van der Waals surface area contributed by atoms with Gasteiger partial charge in [0.1, 0.15) is 0 Å². The van der Waals surface area contributed by atoms with Crippen molar-refractivity contribution in [3.63, 3.8) is 0 Å². The maximum atomic E-state index is 10.7. The van der Waals surface area contributed by atoms with Crippen LogP contribution in [0.2, 0.25) is 0 Å². The second-order valence-electron chi connectivity index (χ2n) is 3.40. The van der Waals surface area contributed by atoms with Gasteiger partial charge in [-0.2, -0.15) is 0 Å². The van der Waals surface area contributed by atoms with Crippen molar-refractivity contribution in [3.8, 4) is 0 Å². The Kier molecular flexibility index (Phi) is 3.00. The van der Waals surface area contributed by atoms with Crippen LogP contribution in [0.5, 0.6) is 0 Å². The van der Waals surface area contributed by atoms with Crippen LogP contribution < -0.4 is 5.32 Å². The SMILES string of the molecule is CNC(=O)CCP(C)(C)(O)O. The number of nitrogens with one attached hydrogen (secondary N) is 1. The van der Waals surface area contributed by atoms with Crippen LogP contribution in [0.15, 0.2) is 0 Å². The van der Waals surface area contributed by atoms with Gasteiger partial charge in [-0.15, -0.1) is 0 Å². The number of rotatable bonds is 3. The monoisotopic (exact) mass is 181 g/mol. The van der Waals surface area contributed by atoms with Crippen LogP contribution in [0.25, 0.3) is 0 Å². The van der Waals surface area contributed by atoms with E-state index in [0.29, 0.717) is 0 Å². The molecule has 0 aromatic heterocycles. The van der Waals surface area contributed by atoms with Crippen LogP contribution >= 0.6 is 7.06 Å². The average Bonchev–Trinajstić information content (AvgIpc) is 1.80. The zero-order chi connectivity index (χ0) is 9.15. The quantitative estimate of drug-likeness (QED) is 0.526. The van der Waals surface area contributed by atoms with E-state index in [2.05, 4.69) is 5.32 Å². The number of hydrogen-bond acceptors (Lipinski definition) is 3. The van der Waals surface area contributed by atoms with Crippen molar-refractivity contribution in [3.05, 3.63) is 0 Å². The van der Waals surface area contributed by atoms with E-state index in [1.807, 2.05) is 0 Å². The van der Waals surface area contributed by atoms with E-state index >= 15 is 0 Å². The number of hydrogen-bond donors (Lipinski definition) is 3. The van der Waals surface area contributed by atoms with Crippen molar-refractivity contribution in [1.29, 1.82) is 0 Å². The number of amides is 1. The predicted molar refractivity (Wildman–Crippen MR) is 46.8 cm³/mol. The molecular formula is C6H16NO3P. The Hall–Kier alpha value is -0.180. The van der Waals surface area contributed by atoms with E-state index in [1.54, 1.807) is 0 Å². The van der Waals surface area contributed by atoms with Gasteiger partial charge in [0.2, 0.25) is 0 Å². The summed E-state index contributed by atoms with van der Waals surface area (Å²) in [5.41, 5.74) is 0. The second kappa shape index (κ2) is 3.05. The zero-order valence-electron chi connectivity index (χ0n) is 7.16. The molecule has 0 aliphatic rings. The molecule has 0 radical (unpaired) electrons. The summed E-state index contributed by atoms with van der Waals surface area (Å²) < 4.78 is 0. The third kappa shape index (κ3) is 7.72. The van der Waals surface area contributed by atoms with Gasteiger partial charge in [-0.05, 0) is 0 Å². The molecule has 3 N–H and O–H groups in total. The van der Waals surface area contributed by atoms with Crippen LogP contribution in [-0.4, -0.2) is 42.2 Å². The molecule has 0 rings (SSSR count). The molecule has 4 nitrogen and oxygen atoms in total. The Morgan fingerprint density at radius 3 is 2.18 bits per heavy atom. The van der Waals surface area contributed by atoms with Gasteiger partial charge >= 0.3 is 65.8 Å². The third-order valence-corrected chi connectivity index (χ3v) is 2.78.